The molecular formula is C17H28N2O. The third-order valence-electron chi connectivity index (χ3n) is 4.73. The second-order valence-corrected chi connectivity index (χ2v) is 6.06. The maximum Gasteiger partial charge on any atom is 0.142 e. The van der Waals surface area contributed by atoms with Crippen LogP contribution in [-0.4, -0.2) is 26.7 Å². The molecule has 112 valence electrons. The van der Waals surface area contributed by atoms with Gasteiger partial charge in [-0.2, -0.15) is 0 Å². The molecule has 3 heteroatoms. The molecule has 3 unspecified atom stereocenters. The Morgan fingerprint density at radius 1 is 1.30 bits per heavy atom. The Hall–Kier alpha value is -1.22. The molecule has 1 saturated carbocycles. The highest BCUT2D eigenvalue weighted by molar-refractivity contribution is 5.57. The SMILES string of the molecule is CCC1CCC(N)C(CN(C)c2ccccc2OC)C1. The molecule has 0 heterocycles. The van der Waals surface area contributed by atoms with Crippen molar-refractivity contribution in [2.24, 2.45) is 17.6 Å². The van der Waals surface area contributed by atoms with Crippen LogP contribution in [0, 0.1) is 11.8 Å². The van der Waals surface area contributed by atoms with Gasteiger partial charge in [0.25, 0.3) is 0 Å². The normalized spacial score (nSPS) is 26.3. The summed E-state index contributed by atoms with van der Waals surface area (Å²) in [6.07, 6.45) is 5.01. The number of rotatable bonds is 5. The van der Waals surface area contributed by atoms with E-state index in [-0.39, 0.29) is 0 Å². The molecule has 0 radical (unpaired) electrons. The van der Waals surface area contributed by atoms with Gasteiger partial charge in [-0.25, -0.2) is 0 Å². The zero-order valence-electron chi connectivity index (χ0n) is 13.0. The Labute approximate surface area is 123 Å². The summed E-state index contributed by atoms with van der Waals surface area (Å²) in [4.78, 5) is 2.29. The van der Waals surface area contributed by atoms with Crippen molar-refractivity contribution in [2.75, 3.05) is 25.6 Å². The molecule has 0 bridgehead atoms. The highest BCUT2D eigenvalue weighted by atomic mass is 16.5. The molecule has 1 aliphatic carbocycles. The molecule has 3 atom stereocenters. The van der Waals surface area contributed by atoms with Crippen molar-refractivity contribution in [3.8, 4) is 5.75 Å². The lowest BCUT2D eigenvalue weighted by Crippen LogP contribution is -2.42. The van der Waals surface area contributed by atoms with Gasteiger partial charge in [-0.05, 0) is 43.2 Å². The molecule has 0 saturated heterocycles. The van der Waals surface area contributed by atoms with Gasteiger partial charge < -0.3 is 15.4 Å². The van der Waals surface area contributed by atoms with E-state index >= 15 is 0 Å². The predicted octanol–water partition coefficient (Wildman–Crippen LogP) is 3.29. The van der Waals surface area contributed by atoms with Crippen molar-refractivity contribution in [1.82, 2.24) is 0 Å². The lowest BCUT2D eigenvalue weighted by molar-refractivity contribution is 0.231. The molecule has 0 aromatic heterocycles. The summed E-state index contributed by atoms with van der Waals surface area (Å²) in [5, 5.41) is 0. The summed E-state index contributed by atoms with van der Waals surface area (Å²) < 4.78 is 5.45. The number of para-hydroxylation sites is 2. The van der Waals surface area contributed by atoms with E-state index in [9.17, 15) is 0 Å². The van der Waals surface area contributed by atoms with Crippen molar-refractivity contribution in [1.29, 1.82) is 0 Å². The quantitative estimate of drug-likeness (QED) is 0.897. The van der Waals surface area contributed by atoms with Crippen LogP contribution in [0.15, 0.2) is 24.3 Å². The van der Waals surface area contributed by atoms with Crippen LogP contribution in [0.2, 0.25) is 0 Å². The molecule has 0 spiro atoms. The molecule has 0 amide bonds. The van der Waals surface area contributed by atoms with Crippen molar-refractivity contribution in [3.63, 3.8) is 0 Å². The number of hydrogen-bond donors (Lipinski definition) is 1. The maximum atomic E-state index is 6.33. The van der Waals surface area contributed by atoms with Crippen LogP contribution in [0.4, 0.5) is 5.69 Å². The van der Waals surface area contributed by atoms with Gasteiger partial charge in [-0.1, -0.05) is 25.5 Å². The van der Waals surface area contributed by atoms with Gasteiger partial charge in [0, 0.05) is 19.6 Å². The minimum absolute atomic E-state index is 0.343. The lowest BCUT2D eigenvalue weighted by Gasteiger charge is -2.36. The first-order valence-electron chi connectivity index (χ1n) is 7.75. The van der Waals surface area contributed by atoms with Gasteiger partial charge in [-0.15, -0.1) is 0 Å². The predicted molar refractivity (Wildman–Crippen MR) is 85.4 cm³/mol. The molecule has 2 N–H and O–H groups in total. The standard InChI is InChI=1S/C17H28N2O/c1-4-13-9-10-15(18)14(11-13)12-19(2)16-7-5-6-8-17(16)20-3/h5-8,13-15H,4,9-12,18H2,1-3H3. The number of ether oxygens (including phenoxy) is 1. The van der Waals surface area contributed by atoms with Crippen LogP contribution < -0.4 is 15.4 Å². The topological polar surface area (TPSA) is 38.5 Å². The third kappa shape index (κ3) is 3.45. The Balaban J connectivity index is 2.04. The van der Waals surface area contributed by atoms with Crippen molar-refractivity contribution >= 4 is 5.69 Å². The summed E-state index contributed by atoms with van der Waals surface area (Å²) in [5.41, 5.74) is 7.49. The maximum absolute atomic E-state index is 6.33. The van der Waals surface area contributed by atoms with Crippen LogP contribution in [0.1, 0.15) is 32.6 Å². The molecule has 2 rings (SSSR count). The van der Waals surface area contributed by atoms with Crippen molar-refractivity contribution in [3.05, 3.63) is 24.3 Å². The van der Waals surface area contributed by atoms with E-state index in [0.29, 0.717) is 12.0 Å². The first-order valence-corrected chi connectivity index (χ1v) is 7.75. The zero-order chi connectivity index (χ0) is 14.5. The van der Waals surface area contributed by atoms with Gasteiger partial charge in [0.1, 0.15) is 5.75 Å². The fourth-order valence-corrected chi connectivity index (χ4v) is 3.36. The molecule has 1 aromatic rings. The summed E-state index contributed by atoms with van der Waals surface area (Å²) in [5.74, 6) is 2.38. The van der Waals surface area contributed by atoms with Crippen molar-refractivity contribution in [2.45, 2.75) is 38.6 Å². The number of nitrogens with zero attached hydrogens (tertiary/aromatic N) is 1. The number of anilines is 1. The van der Waals surface area contributed by atoms with E-state index in [1.807, 2.05) is 12.1 Å². The number of hydrogen-bond acceptors (Lipinski definition) is 3. The molecule has 0 aliphatic heterocycles. The van der Waals surface area contributed by atoms with Gasteiger partial charge >= 0.3 is 0 Å². The zero-order valence-corrected chi connectivity index (χ0v) is 13.0. The smallest absolute Gasteiger partial charge is 0.142 e. The first kappa shape index (κ1) is 15.2. The lowest BCUT2D eigenvalue weighted by atomic mass is 9.77. The van der Waals surface area contributed by atoms with Crippen LogP contribution >= 0.6 is 0 Å². The summed E-state index contributed by atoms with van der Waals surface area (Å²) >= 11 is 0. The average molecular weight is 276 g/mol. The van der Waals surface area contributed by atoms with Crippen molar-refractivity contribution < 1.29 is 4.74 Å². The van der Waals surface area contributed by atoms with E-state index in [1.165, 1.54) is 25.7 Å². The fourth-order valence-electron chi connectivity index (χ4n) is 3.36. The Bertz CT molecular complexity index is 421. The first-order chi connectivity index (χ1) is 9.65. The molecule has 1 aromatic carbocycles. The van der Waals surface area contributed by atoms with E-state index in [4.69, 9.17) is 10.5 Å². The molecule has 20 heavy (non-hydrogen) atoms. The Morgan fingerprint density at radius 3 is 2.75 bits per heavy atom. The highest BCUT2D eigenvalue weighted by Gasteiger charge is 2.28. The molecule has 3 nitrogen and oxygen atoms in total. The summed E-state index contributed by atoms with van der Waals surface area (Å²) in [6.45, 7) is 3.31. The van der Waals surface area contributed by atoms with E-state index in [0.717, 1.165) is 23.9 Å². The Kier molecular flexibility index (Phi) is 5.30. The highest BCUT2D eigenvalue weighted by Crippen LogP contribution is 2.33. The van der Waals surface area contributed by atoms with Gasteiger partial charge in [0.2, 0.25) is 0 Å². The number of nitrogens with two attached hydrogens (primary N) is 1. The van der Waals surface area contributed by atoms with E-state index in [1.54, 1.807) is 7.11 Å². The fraction of sp³-hybridized carbons (Fsp3) is 0.647. The van der Waals surface area contributed by atoms with E-state index in [2.05, 4.69) is 31.0 Å². The third-order valence-corrected chi connectivity index (χ3v) is 4.73. The second-order valence-electron chi connectivity index (χ2n) is 6.06. The second kappa shape index (κ2) is 6.98. The molecular weight excluding hydrogens is 248 g/mol. The monoisotopic (exact) mass is 276 g/mol. The molecule has 1 fully saturated rings. The minimum atomic E-state index is 0.343. The average Bonchev–Trinajstić information content (AvgIpc) is 2.49. The number of benzene rings is 1. The van der Waals surface area contributed by atoms with Gasteiger partial charge in [0.05, 0.1) is 12.8 Å². The Morgan fingerprint density at radius 2 is 2.05 bits per heavy atom. The van der Waals surface area contributed by atoms with Crippen LogP contribution in [0.5, 0.6) is 5.75 Å². The van der Waals surface area contributed by atoms with Crippen LogP contribution in [-0.2, 0) is 0 Å². The number of methoxy groups -OCH3 is 1. The summed E-state index contributed by atoms with van der Waals surface area (Å²) in [6, 6.07) is 8.54. The summed E-state index contributed by atoms with van der Waals surface area (Å²) in [7, 11) is 3.87. The van der Waals surface area contributed by atoms with Crippen LogP contribution in [0.3, 0.4) is 0 Å². The molecule has 1 aliphatic rings. The largest absolute Gasteiger partial charge is 0.495 e. The minimum Gasteiger partial charge on any atom is -0.495 e. The van der Waals surface area contributed by atoms with E-state index < -0.39 is 0 Å². The van der Waals surface area contributed by atoms with Gasteiger partial charge in [0.15, 0.2) is 0 Å². The van der Waals surface area contributed by atoms with Gasteiger partial charge in [-0.3, -0.25) is 0 Å². The van der Waals surface area contributed by atoms with Crippen LogP contribution in [0.25, 0.3) is 0 Å².